The summed E-state index contributed by atoms with van der Waals surface area (Å²) in [5.74, 6) is 0.724. The standard InChI is InChI=1S/C12H24N2S/c1-9(2)8-10(3)13-12(15)14-11-6-4-5-7-11/h9-11H,4-8H2,1-3H3,(H2,13,14,15). The summed E-state index contributed by atoms with van der Waals surface area (Å²) in [5.41, 5.74) is 0. The van der Waals surface area contributed by atoms with Gasteiger partial charge in [-0.2, -0.15) is 0 Å². The molecule has 15 heavy (non-hydrogen) atoms. The molecule has 0 aromatic rings. The molecular formula is C12H24N2S. The Morgan fingerprint density at radius 1 is 1.27 bits per heavy atom. The van der Waals surface area contributed by atoms with Crippen LogP contribution in [-0.4, -0.2) is 17.2 Å². The zero-order valence-electron chi connectivity index (χ0n) is 10.2. The SMILES string of the molecule is CC(C)CC(C)NC(=S)NC1CCCC1. The maximum Gasteiger partial charge on any atom is 0.166 e. The molecule has 0 heterocycles. The molecule has 0 amide bonds. The van der Waals surface area contributed by atoms with Crippen molar-refractivity contribution < 1.29 is 0 Å². The average molecular weight is 228 g/mol. The van der Waals surface area contributed by atoms with E-state index < -0.39 is 0 Å². The molecule has 0 bridgehead atoms. The molecule has 2 nitrogen and oxygen atoms in total. The zero-order valence-corrected chi connectivity index (χ0v) is 11.0. The van der Waals surface area contributed by atoms with Crippen LogP contribution in [0, 0.1) is 5.92 Å². The van der Waals surface area contributed by atoms with Gasteiger partial charge in [-0.25, -0.2) is 0 Å². The second-order valence-corrected chi connectivity index (χ2v) is 5.54. The predicted octanol–water partition coefficient (Wildman–Crippen LogP) is 2.83. The van der Waals surface area contributed by atoms with Crippen LogP contribution >= 0.6 is 12.2 Å². The van der Waals surface area contributed by atoms with E-state index in [1.54, 1.807) is 0 Å². The molecule has 0 radical (unpaired) electrons. The number of hydrogen-bond donors (Lipinski definition) is 2. The van der Waals surface area contributed by atoms with Crippen LogP contribution in [0.1, 0.15) is 52.9 Å². The van der Waals surface area contributed by atoms with E-state index in [-0.39, 0.29) is 0 Å². The first-order valence-corrected chi connectivity index (χ1v) is 6.55. The van der Waals surface area contributed by atoms with E-state index in [9.17, 15) is 0 Å². The molecule has 0 aromatic heterocycles. The third-order valence-electron chi connectivity index (χ3n) is 2.89. The molecule has 1 atom stereocenters. The average Bonchev–Trinajstić information content (AvgIpc) is 2.53. The van der Waals surface area contributed by atoms with E-state index in [1.165, 1.54) is 32.1 Å². The largest absolute Gasteiger partial charge is 0.360 e. The summed E-state index contributed by atoms with van der Waals surface area (Å²) in [4.78, 5) is 0. The Balaban J connectivity index is 2.16. The molecule has 1 saturated carbocycles. The van der Waals surface area contributed by atoms with E-state index in [0.29, 0.717) is 12.1 Å². The lowest BCUT2D eigenvalue weighted by Crippen LogP contribution is -2.44. The molecule has 88 valence electrons. The lowest BCUT2D eigenvalue weighted by Gasteiger charge is -2.21. The van der Waals surface area contributed by atoms with E-state index in [0.717, 1.165) is 11.0 Å². The molecule has 1 aliphatic rings. The minimum atomic E-state index is 0.478. The number of rotatable bonds is 4. The smallest absolute Gasteiger partial charge is 0.166 e. The van der Waals surface area contributed by atoms with Crippen molar-refractivity contribution in [1.82, 2.24) is 10.6 Å². The molecular weight excluding hydrogens is 204 g/mol. The predicted molar refractivity (Wildman–Crippen MR) is 70.0 cm³/mol. The Morgan fingerprint density at radius 2 is 1.87 bits per heavy atom. The maximum absolute atomic E-state index is 5.30. The molecule has 0 aliphatic heterocycles. The van der Waals surface area contributed by atoms with Gasteiger partial charge in [-0.05, 0) is 44.3 Å². The van der Waals surface area contributed by atoms with Gasteiger partial charge in [0.1, 0.15) is 0 Å². The molecule has 1 rings (SSSR count). The van der Waals surface area contributed by atoms with Crippen molar-refractivity contribution >= 4 is 17.3 Å². The lowest BCUT2D eigenvalue weighted by molar-refractivity contribution is 0.484. The molecule has 1 aliphatic carbocycles. The van der Waals surface area contributed by atoms with Crippen molar-refractivity contribution in [3.05, 3.63) is 0 Å². The van der Waals surface area contributed by atoms with Crippen LogP contribution in [0.5, 0.6) is 0 Å². The van der Waals surface area contributed by atoms with E-state index in [2.05, 4.69) is 31.4 Å². The van der Waals surface area contributed by atoms with Crippen molar-refractivity contribution in [2.75, 3.05) is 0 Å². The first-order chi connectivity index (χ1) is 7.08. The van der Waals surface area contributed by atoms with Crippen LogP contribution in [-0.2, 0) is 0 Å². The highest BCUT2D eigenvalue weighted by Crippen LogP contribution is 2.17. The topological polar surface area (TPSA) is 24.1 Å². The lowest BCUT2D eigenvalue weighted by atomic mass is 10.1. The minimum Gasteiger partial charge on any atom is -0.360 e. The van der Waals surface area contributed by atoms with Gasteiger partial charge in [0, 0.05) is 12.1 Å². The van der Waals surface area contributed by atoms with Gasteiger partial charge in [0.05, 0.1) is 0 Å². The first kappa shape index (κ1) is 12.8. The Kier molecular flexibility index (Phi) is 5.37. The van der Waals surface area contributed by atoms with Crippen molar-refractivity contribution in [3.63, 3.8) is 0 Å². The molecule has 0 saturated heterocycles. The molecule has 3 heteroatoms. The molecule has 0 spiro atoms. The first-order valence-electron chi connectivity index (χ1n) is 6.15. The highest BCUT2D eigenvalue weighted by atomic mass is 32.1. The Labute approximate surface area is 99.2 Å². The zero-order chi connectivity index (χ0) is 11.3. The Hall–Kier alpha value is -0.310. The second kappa shape index (κ2) is 6.31. The summed E-state index contributed by atoms with van der Waals surface area (Å²) in [6.45, 7) is 6.68. The van der Waals surface area contributed by atoms with E-state index in [4.69, 9.17) is 12.2 Å². The van der Waals surface area contributed by atoms with E-state index in [1.807, 2.05) is 0 Å². The van der Waals surface area contributed by atoms with Gasteiger partial charge in [0.25, 0.3) is 0 Å². The van der Waals surface area contributed by atoms with Crippen LogP contribution in [0.2, 0.25) is 0 Å². The summed E-state index contributed by atoms with van der Waals surface area (Å²) < 4.78 is 0. The summed E-state index contributed by atoms with van der Waals surface area (Å²) in [5, 5.41) is 7.60. The van der Waals surface area contributed by atoms with Crippen molar-refractivity contribution in [3.8, 4) is 0 Å². The fourth-order valence-electron chi connectivity index (χ4n) is 2.29. The van der Waals surface area contributed by atoms with Crippen LogP contribution in [0.25, 0.3) is 0 Å². The number of nitrogens with one attached hydrogen (secondary N) is 2. The Morgan fingerprint density at radius 3 is 2.40 bits per heavy atom. The van der Waals surface area contributed by atoms with Crippen molar-refractivity contribution in [1.29, 1.82) is 0 Å². The summed E-state index contributed by atoms with van der Waals surface area (Å²) in [6.07, 6.45) is 6.43. The highest BCUT2D eigenvalue weighted by Gasteiger charge is 2.16. The normalized spacial score (nSPS) is 19.2. The molecule has 0 aromatic carbocycles. The fourth-order valence-corrected chi connectivity index (χ4v) is 2.65. The summed E-state index contributed by atoms with van der Waals surface area (Å²) >= 11 is 5.30. The van der Waals surface area contributed by atoms with Crippen LogP contribution < -0.4 is 10.6 Å². The van der Waals surface area contributed by atoms with Gasteiger partial charge in [-0.1, -0.05) is 26.7 Å². The maximum atomic E-state index is 5.30. The van der Waals surface area contributed by atoms with Crippen LogP contribution in [0.4, 0.5) is 0 Å². The molecule has 2 N–H and O–H groups in total. The third kappa shape index (κ3) is 5.36. The van der Waals surface area contributed by atoms with E-state index >= 15 is 0 Å². The number of hydrogen-bond acceptors (Lipinski definition) is 1. The second-order valence-electron chi connectivity index (χ2n) is 5.13. The van der Waals surface area contributed by atoms with Gasteiger partial charge in [-0.15, -0.1) is 0 Å². The van der Waals surface area contributed by atoms with Gasteiger partial charge in [0.2, 0.25) is 0 Å². The Bertz CT molecular complexity index is 198. The van der Waals surface area contributed by atoms with Gasteiger partial charge >= 0.3 is 0 Å². The van der Waals surface area contributed by atoms with Crippen LogP contribution in [0.15, 0.2) is 0 Å². The van der Waals surface area contributed by atoms with Gasteiger partial charge < -0.3 is 10.6 Å². The third-order valence-corrected chi connectivity index (χ3v) is 3.13. The summed E-state index contributed by atoms with van der Waals surface area (Å²) in [6, 6.07) is 1.10. The fraction of sp³-hybridized carbons (Fsp3) is 0.917. The summed E-state index contributed by atoms with van der Waals surface area (Å²) in [7, 11) is 0. The monoisotopic (exact) mass is 228 g/mol. The van der Waals surface area contributed by atoms with Gasteiger partial charge in [-0.3, -0.25) is 0 Å². The van der Waals surface area contributed by atoms with Crippen molar-refractivity contribution in [2.24, 2.45) is 5.92 Å². The number of thiocarbonyl (C=S) groups is 1. The molecule has 1 unspecified atom stereocenters. The van der Waals surface area contributed by atoms with Gasteiger partial charge in [0.15, 0.2) is 5.11 Å². The van der Waals surface area contributed by atoms with Crippen LogP contribution in [0.3, 0.4) is 0 Å². The quantitative estimate of drug-likeness (QED) is 0.724. The van der Waals surface area contributed by atoms with Crippen molar-refractivity contribution in [2.45, 2.75) is 65.0 Å². The highest BCUT2D eigenvalue weighted by molar-refractivity contribution is 7.80. The minimum absolute atomic E-state index is 0.478. The molecule has 1 fully saturated rings.